The molecule has 0 bridgehead atoms. The van der Waals surface area contributed by atoms with Crippen molar-refractivity contribution in [3.8, 4) is 17.6 Å². The van der Waals surface area contributed by atoms with E-state index in [1.165, 1.54) is 11.1 Å². The zero-order valence-corrected chi connectivity index (χ0v) is 20.1. The summed E-state index contributed by atoms with van der Waals surface area (Å²) in [4.78, 5) is 18.3. The van der Waals surface area contributed by atoms with Crippen molar-refractivity contribution in [2.24, 2.45) is 5.10 Å². The molecule has 2 aromatic carbocycles. The number of hydrogen-bond acceptors (Lipinski definition) is 6. The lowest BCUT2D eigenvalue weighted by Gasteiger charge is -2.22. The van der Waals surface area contributed by atoms with Gasteiger partial charge in [-0.15, -0.1) is 6.58 Å². The van der Waals surface area contributed by atoms with Crippen LogP contribution in [0.1, 0.15) is 61.9 Å². The van der Waals surface area contributed by atoms with E-state index in [0.29, 0.717) is 35.4 Å². The second kappa shape index (κ2) is 11.5. The Labute approximate surface area is 205 Å². The Kier molecular flexibility index (Phi) is 7.94. The first kappa shape index (κ1) is 24.2. The van der Waals surface area contributed by atoms with Crippen molar-refractivity contribution in [3.63, 3.8) is 0 Å². The first-order chi connectivity index (χ1) is 17.2. The molecule has 0 saturated heterocycles. The Balaban J connectivity index is 1.81. The molecule has 1 aliphatic rings. The summed E-state index contributed by atoms with van der Waals surface area (Å²) in [5, 5.41) is 14.2. The van der Waals surface area contributed by atoms with Crippen molar-refractivity contribution in [2.75, 3.05) is 13.2 Å². The van der Waals surface area contributed by atoms with Gasteiger partial charge in [-0.2, -0.15) is 15.0 Å². The molecule has 0 aliphatic heterocycles. The van der Waals surface area contributed by atoms with Crippen LogP contribution in [-0.4, -0.2) is 29.1 Å². The summed E-state index contributed by atoms with van der Waals surface area (Å²) in [5.74, 6) is 1.98. The summed E-state index contributed by atoms with van der Waals surface area (Å²) in [6.07, 6.45) is 9.44. The van der Waals surface area contributed by atoms with Crippen molar-refractivity contribution in [3.05, 3.63) is 76.4 Å². The van der Waals surface area contributed by atoms with Gasteiger partial charge in [0.2, 0.25) is 0 Å². The van der Waals surface area contributed by atoms with Crippen LogP contribution in [0.5, 0.6) is 11.5 Å². The topological polar surface area (TPSA) is 89.5 Å². The predicted molar refractivity (Wildman–Crippen MR) is 137 cm³/mol. The summed E-state index contributed by atoms with van der Waals surface area (Å²) in [6.45, 7) is 6.08. The second-order valence-corrected chi connectivity index (χ2v) is 8.56. The zero-order chi connectivity index (χ0) is 24.6. The summed E-state index contributed by atoms with van der Waals surface area (Å²) in [5.41, 5.74) is 2.12. The molecular weight excluding hydrogens is 440 g/mol. The molecule has 1 fully saturated rings. The highest BCUT2D eigenvalue weighted by Gasteiger charge is 2.22. The SMILES string of the molecule is C=CCc1cc(C=Nn2c(C3CCCCC3)nc3ccccc3c2=O)cc(OCC)c1OCC#N. The standard InChI is InChI=1S/C28H30N4O3/c1-3-10-22-17-20(18-25(34-4-2)26(22)35-16-15-29)19-30-32-27(21-11-6-5-7-12-21)31-24-14-9-8-13-23(24)28(32)33/h3,8-9,13-14,17-19,21H,1,4-7,10-12,16H2,2H3. The first-order valence-corrected chi connectivity index (χ1v) is 12.1. The molecule has 0 spiro atoms. The lowest BCUT2D eigenvalue weighted by molar-refractivity contribution is 0.297. The van der Waals surface area contributed by atoms with Gasteiger partial charge in [0.15, 0.2) is 18.1 Å². The molecule has 1 aromatic heterocycles. The fourth-order valence-electron chi connectivity index (χ4n) is 4.60. The number of aromatic nitrogens is 2. The third-order valence-electron chi connectivity index (χ3n) is 6.17. The Hall–Kier alpha value is -3.92. The van der Waals surface area contributed by atoms with E-state index in [1.54, 1.807) is 18.4 Å². The Bertz CT molecular complexity index is 1330. The van der Waals surface area contributed by atoms with Gasteiger partial charge in [-0.1, -0.05) is 37.5 Å². The summed E-state index contributed by atoms with van der Waals surface area (Å²) in [7, 11) is 0. The van der Waals surface area contributed by atoms with E-state index in [0.717, 1.165) is 42.6 Å². The number of rotatable bonds is 9. The minimum atomic E-state index is -0.169. The molecule has 1 heterocycles. The summed E-state index contributed by atoms with van der Waals surface area (Å²) < 4.78 is 12.9. The number of hydrogen-bond donors (Lipinski definition) is 0. The van der Waals surface area contributed by atoms with Crippen LogP contribution in [0.15, 0.2) is 58.9 Å². The second-order valence-electron chi connectivity index (χ2n) is 8.56. The molecule has 0 radical (unpaired) electrons. The molecule has 0 amide bonds. The number of allylic oxidation sites excluding steroid dienone is 1. The normalized spacial score (nSPS) is 14.2. The fourth-order valence-corrected chi connectivity index (χ4v) is 4.60. The van der Waals surface area contributed by atoms with Crippen LogP contribution in [0.4, 0.5) is 0 Å². The quantitative estimate of drug-likeness (QED) is 0.310. The maximum Gasteiger partial charge on any atom is 0.282 e. The molecule has 3 aromatic rings. The molecule has 7 nitrogen and oxygen atoms in total. The average Bonchev–Trinajstić information content (AvgIpc) is 2.88. The Morgan fingerprint density at radius 3 is 2.77 bits per heavy atom. The first-order valence-electron chi connectivity index (χ1n) is 12.1. The molecule has 4 rings (SSSR count). The van der Waals surface area contributed by atoms with Crippen molar-refractivity contribution >= 4 is 17.1 Å². The number of ether oxygens (including phenoxy) is 2. The van der Waals surface area contributed by atoms with Gasteiger partial charge < -0.3 is 9.47 Å². The number of fused-ring (bicyclic) bond motifs is 1. The monoisotopic (exact) mass is 470 g/mol. The minimum absolute atomic E-state index is 0.0828. The smallest absolute Gasteiger partial charge is 0.282 e. The number of para-hydroxylation sites is 1. The molecule has 1 aliphatic carbocycles. The van der Waals surface area contributed by atoms with Gasteiger partial charge in [0.05, 0.1) is 23.7 Å². The van der Waals surface area contributed by atoms with Gasteiger partial charge in [0, 0.05) is 11.5 Å². The molecule has 0 N–H and O–H groups in total. The maximum atomic E-state index is 13.4. The van der Waals surface area contributed by atoms with Gasteiger partial charge in [0.1, 0.15) is 11.9 Å². The van der Waals surface area contributed by atoms with Crippen LogP contribution in [0.25, 0.3) is 10.9 Å². The van der Waals surface area contributed by atoms with E-state index in [1.807, 2.05) is 43.3 Å². The predicted octanol–water partition coefficient (Wildman–Crippen LogP) is 5.36. The van der Waals surface area contributed by atoms with E-state index in [9.17, 15) is 4.79 Å². The highest BCUT2D eigenvalue weighted by Crippen LogP contribution is 2.34. The van der Waals surface area contributed by atoms with Crippen LogP contribution in [0, 0.1) is 11.3 Å². The van der Waals surface area contributed by atoms with Crippen LogP contribution in [0.3, 0.4) is 0 Å². The lowest BCUT2D eigenvalue weighted by atomic mass is 9.88. The highest BCUT2D eigenvalue weighted by molar-refractivity contribution is 5.82. The van der Waals surface area contributed by atoms with E-state index < -0.39 is 0 Å². The van der Waals surface area contributed by atoms with Gasteiger partial charge >= 0.3 is 0 Å². The van der Waals surface area contributed by atoms with E-state index >= 15 is 0 Å². The molecule has 7 heteroatoms. The molecular formula is C28H30N4O3. The lowest BCUT2D eigenvalue weighted by Crippen LogP contribution is -2.25. The Morgan fingerprint density at radius 2 is 2.03 bits per heavy atom. The number of benzene rings is 2. The highest BCUT2D eigenvalue weighted by atomic mass is 16.5. The Morgan fingerprint density at radius 1 is 1.23 bits per heavy atom. The van der Waals surface area contributed by atoms with E-state index in [4.69, 9.17) is 19.7 Å². The molecule has 0 atom stereocenters. The van der Waals surface area contributed by atoms with Gasteiger partial charge in [0.25, 0.3) is 5.56 Å². The van der Waals surface area contributed by atoms with Crippen LogP contribution in [0.2, 0.25) is 0 Å². The third-order valence-corrected chi connectivity index (χ3v) is 6.17. The zero-order valence-electron chi connectivity index (χ0n) is 20.1. The largest absolute Gasteiger partial charge is 0.490 e. The summed E-state index contributed by atoms with van der Waals surface area (Å²) in [6, 6.07) is 13.1. The van der Waals surface area contributed by atoms with E-state index in [2.05, 4.69) is 11.7 Å². The van der Waals surface area contributed by atoms with Crippen LogP contribution in [-0.2, 0) is 6.42 Å². The van der Waals surface area contributed by atoms with Crippen molar-refractivity contribution < 1.29 is 9.47 Å². The summed E-state index contributed by atoms with van der Waals surface area (Å²) >= 11 is 0. The average molecular weight is 471 g/mol. The van der Waals surface area contributed by atoms with Crippen molar-refractivity contribution in [1.82, 2.24) is 9.66 Å². The van der Waals surface area contributed by atoms with Crippen LogP contribution < -0.4 is 15.0 Å². The molecule has 1 saturated carbocycles. The van der Waals surface area contributed by atoms with E-state index in [-0.39, 0.29) is 18.1 Å². The maximum absolute atomic E-state index is 13.4. The molecule has 35 heavy (non-hydrogen) atoms. The minimum Gasteiger partial charge on any atom is -0.490 e. The van der Waals surface area contributed by atoms with Crippen LogP contribution >= 0.6 is 0 Å². The fraction of sp³-hybridized carbons (Fsp3) is 0.357. The number of nitrogens with zero attached hydrogens (tertiary/aromatic N) is 4. The van der Waals surface area contributed by atoms with Gasteiger partial charge in [-0.05, 0) is 56.0 Å². The molecule has 180 valence electrons. The number of nitriles is 1. The van der Waals surface area contributed by atoms with Gasteiger partial charge in [-0.3, -0.25) is 4.79 Å². The van der Waals surface area contributed by atoms with Gasteiger partial charge in [-0.25, -0.2) is 4.98 Å². The molecule has 0 unspecified atom stereocenters. The van der Waals surface area contributed by atoms with Crippen molar-refractivity contribution in [1.29, 1.82) is 5.26 Å². The van der Waals surface area contributed by atoms with Crippen molar-refractivity contribution in [2.45, 2.75) is 51.4 Å². The third kappa shape index (κ3) is 5.43.